The third-order valence-electron chi connectivity index (χ3n) is 3.78. The van der Waals surface area contributed by atoms with E-state index in [9.17, 15) is 13.5 Å². The number of rotatable bonds is 7. The van der Waals surface area contributed by atoms with E-state index < -0.39 is 16.1 Å². The Bertz CT molecular complexity index is 717. The van der Waals surface area contributed by atoms with Gasteiger partial charge < -0.3 is 5.11 Å². The standard InChI is InChI=1S/C17H20BrNO3S/c1-2-16(13-6-4-3-5-7-13)17(12-20)19-23(21,22)15-10-8-14(18)9-11-15/h3-11,16-17,19-20H,2,12H2,1H3/t16-,17+/m0/s1. The molecule has 0 aromatic heterocycles. The van der Waals surface area contributed by atoms with Crippen molar-refractivity contribution in [1.29, 1.82) is 0 Å². The highest BCUT2D eigenvalue weighted by molar-refractivity contribution is 9.10. The number of nitrogens with one attached hydrogen (secondary N) is 1. The van der Waals surface area contributed by atoms with Crippen molar-refractivity contribution in [2.24, 2.45) is 0 Å². The van der Waals surface area contributed by atoms with Crippen molar-refractivity contribution in [2.75, 3.05) is 6.61 Å². The predicted octanol–water partition coefficient (Wildman–Crippen LogP) is 3.28. The van der Waals surface area contributed by atoms with Gasteiger partial charge >= 0.3 is 0 Å². The van der Waals surface area contributed by atoms with Crippen LogP contribution in [-0.4, -0.2) is 26.2 Å². The summed E-state index contributed by atoms with van der Waals surface area (Å²) in [4.78, 5) is 0.182. The number of sulfonamides is 1. The molecule has 2 N–H and O–H groups in total. The molecule has 2 atom stereocenters. The first-order chi connectivity index (χ1) is 11.0. The average Bonchev–Trinajstić information content (AvgIpc) is 2.56. The minimum absolute atomic E-state index is 0.0913. The summed E-state index contributed by atoms with van der Waals surface area (Å²) in [5, 5.41) is 9.71. The molecule has 2 aromatic carbocycles. The fraction of sp³-hybridized carbons (Fsp3) is 0.294. The van der Waals surface area contributed by atoms with Crippen LogP contribution in [0.2, 0.25) is 0 Å². The molecule has 0 bridgehead atoms. The van der Waals surface area contributed by atoms with Crippen molar-refractivity contribution in [3.05, 3.63) is 64.6 Å². The SMILES string of the molecule is CC[C@@H](c1ccccc1)[C@@H](CO)NS(=O)(=O)c1ccc(Br)cc1. The minimum Gasteiger partial charge on any atom is -0.395 e. The van der Waals surface area contributed by atoms with Gasteiger partial charge in [0.2, 0.25) is 10.0 Å². The second-order valence-electron chi connectivity index (χ2n) is 5.29. The van der Waals surface area contributed by atoms with Gasteiger partial charge in [-0.15, -0.1) is 0 Å². The van der Waals surface area contributed by atoms with Gasteiger partial charge in [-0.25, -0.2) is 13.1 Å². The molecular weight excluding hydrogens is 378 g/mol. The molecule has 0 aliphatic rings. The average molecular weight is 398 g/mol. The Labute approximate surface area is 145 Å². The van der Waals surface area contributed by atoms with Gasteiger partial charge in [0.15, 0.2) is 0 Å². The zero-order valence-electron chi connectivity index (χ0n) is 12.8. The van der Waals surface area contributed by atoms with Crippen LogP contribution < -0.4 is 4.72 Å². The van der Waals surface area contributed by atoms with Crippen molar-refractivity contribution in [3.8, 4) is 0 Å². The van der Waals surface area contributed by atoms with Crippen molar-refractivity contribution in [3.63, 3.8) is 0 Å². The normalized spacial score (nSPS) is 14.4. The lowest BCUT2D eigenvalue weighted by atomic mass is 9.90. The van der Waals surface area contributed by atoms with Gasteiger partial charge in [-0.1, -0.05) is 53.2 Å². The summed E-state index contributed by atoms with van der Waals surface area (Å²) < 4.78 is 28.5. The van der Waals surface area contributed by atoms with Crippen LogP contribution in [0.1, 0.15) is 24.8 Å². The molecular formula is C17H20BrNO3S. The molecule has 0 aliphatic carbocycles. The first-order valence-electron chi connectivity index (χ1n) is 7.41. The second kappa shape index (κ2) is 8.06. The number of aliphatic hydroxyl groups is 1. The third-order valence-corrected chi connectivity index (χ3v) is 5.81. The number of hydrogen-bond donors (Lipinski definition) is 2. The third kappa shape index (κ3) is 4.64. The molecule has 6 heteroatoms. The van der Waals surface area contributed by atoms with Crippen LogP contribution in [-0.2, 0) is 10.0 Å². The lowest BCUT2D eigenvalue weighted by Crippen LogP contribution is -2.41. The molecule has 0 amide bonds. The molecule has 0 radical (unpaired) electrons. The van der Waals surface area contributed by atoms with Crippen LogP contribution >= 0.6 is 15.9 Å². The van der Waals surface area contributed by atoms with Gasteiger partial charge in [-0.3, -0.25) is 0 Å². The molecule has 0 spiro atoms. The highest BCUT2D eigenvalue weighted by atomic mass is 79.9. The number of aliphatic hydroxyl groups excluding tert-OH is 1. The van der Waals surface area contributed by atoms with Gasteiger partial charge in [0, 0.05) is 10.4 Å². The van der Waals surface area contributed by atoms with Crippen molar-refractivity contribution in [1.82, 2.24) is 4.72 Å². The summed E-state index contributed by atoms with van der Waals surface area (Å²) in [5.74, 6) is -0.0913. The van der Waals surface area contributed by atoms with Crippen molar-refractivity contribution >= 4 is 26.0 Å². The second-order valence-corrected chi connectivity index (χ2v) is 7.92. The zero-order chi connectivity index (χ0) is 16.9. The van der Waals surface area contributed by atoms with Crippen LogP contribution in [0.25, 0.3) is 0 Å². The Hall–Kier alpha value is -1.21. The van der Waals surface area contributed by atoms with Gasteiger partial charge in [0.25, 0.3) is 0 Å². The Morgan fingerprint density at radius 3 is 2.22 bits per heavy atom. The van der Waals surface area contributed by atoms with Crippen LogP contribution in [0.3, 0.4) is 0 Å². The van der Waals surface area contributed by atoms with Crippen LogP contribution in [0, 0.1) is 0 Å². The number of hydrogen-bond acceptors (Lipinski definition) is 3. The Morgan fingerprint density at radius 1 is 1.09 bits per heavy atom. The Balaban J connectivity index is 2.25. The Morgan fingerprint density at radius 2 is 1.70 bits per heavy atom. The monoisotopic (exact) mass is 397 g/mol. The molecule has 0 saturated carbocycles. The van der Waals surface area contributed by atoms with Crippen LogP contribution in [0.15, 0.2) is 64.0 Å². The van der Waals surface area contributed by atoms with Gasteiger partial charge in [0.1, 0.15) is 0 Å². The molecule has 4 nitrogen and oxygen atoms in total. The van der Waals surface area contributed by atoms with Crippen molar-refractivity contribution < 1.29 is 13.5 Å². The van der Waals surface area contributed by atoms with E-state index in [1.807, 2.05) is 37.3 Å². The number of halogens is 1. The fourth-order valence-corrected chi connectivity index (χ4v) is 4.11. The lowest BCUT2D eigenvalue weighted by Gasteiger charge is -2.26. The molecule has 0 aliphatic heterocycles. The van der Waals surface area contributed by atoms with Crippen LogP contribution in [0.5, 0.6) is 0 Å². The fourth-order valence-electron chi connectivity index (χ4n) is 2.58. The van der Waals surface area contributed by atoms with Gasteiger partial charge in [-0.2, -0.15) is 0 Å². The van der Waals surface area contributed by atoms with E-state index in [0.717, 1.165) is 16.5 Å². The molecule has 0 saturated heterocycles. The molecule has 0 fully saturated rings. The van der Waals surface area contributed by atoms with E-state index >= 15 is 0 Å². The quantitative estimate of drug-likeness (QED) is 0.752. The maximum Gasteiger partial charge on any atom is 0.240 e. The molecule has 0 unspecified atom stereocenters. The zero-order valence-corrected chi connectivity index (χ0v) is 15.2. The van der Waals surface area contributed by atoms with E-state index in [0.29, 0.717) is 0 Å². The maximum atomic E-state index is 12.5. The highest BCUT2D eigenvalue weighted by Gasteiger charge is 2.26. The van der Waals surface area contributed by atoms with E-state index in [2.05, 4.69) is 20.7 Å². The molecule has 2 aromatic rings. The largest absolute Gasteiger partial charge is 0.395 e. The van der Waals surface area contributed by atoms with E-state index in [1.165, 1.54) is 12.1 Å². The van der Waals surface area contributed by atoms with E-state index in [1.54, 1.807) is 12.1 Å². The summed E-state index contributed by atoms with van der Waals surface area (Å²) in [5.41, 5.74) is 1.01. The Kier molecular flexibility index (Phi) is 6.35. The van der Waals surface area contributed by atoms with Gasteiger partial charge in [-0.05, 0) is 36.2 Å². The summed E-state index contributed by atoms with van der Waals surface area (Å²) in [6, 6.07) is 15.5. The lowest BCUT2D eigenvalue weighted by molar-refractivity contribution is 0.236. The minimum atomic E-state index is -3.68. The summed E-state index contributed by atoms with van der Waals surface area (Å²) in [6.45, 7) is 1.72. The first kappa shape index (κ1) is 18.1. The van der Waals surface area contributed by atoms with Crippen molar-refractivity contribution in [2.45, 2.75) is 30.2 Å². The summed E-state index contributed by atoms with van der Waals surface area (Å²) in [6.07, 6.45) is 0.720. The predicted molar refractivity (Wildman–Crippen MR) is 94.8 cm³/mol. The molecule has 2 rings (SSSR count). The smallest absolute Gasteiger partial charge is 0.240 e. The first-order valence-corrected chi connectivity index (χ1v) is 9.69. The van der Waals surface area contributed by atoms with Crippen LogP contribution in [0.4, 0.5) is 0 Å². The number of benzene rings is 2. The topological polar surface area (TPSA) is 66.4 Å². The van der Waals surface area contributed by atoms with Gasteiger partial charge in [0.05, 0.1) is 17.5 Å². The molecule has 23 heavy (non-hydrogen) atoms. The van der Waals surface area contributed by atoms with E-state index in [4.69, 9.17) is 0 Å². The maximum absolute atomic E-state index is 12.5. The molecule has 124 valence electrons. The van der Waals surface area contributed by atoms with E-state index in [-0.39, 0.29) is 17.4 Å². The summed E-state index contributed by atoms with van der Waals surface area (Å²) in [7, 11) is -3.68. The molecule has 0 heterocycles. The highest BCUT2D eigenvalue weighted by Crippen LogP contribution is 2.25. The summed E-state index contributed by atoms with van der Waals surface area (Å²) >= 11 is 3.29.